The van der Waals surface area contributed by atoms with E-state index in [0.717, 1.165) is 88.9 Å². The summed E-state index contributed by atoms with van der Waals surface area (Å²) >= 11 is 1.58. The molecule has 85 heavy (non-hydrogen) atoms. The number of amides is 3. The number of anilines is 1. The van der Waals surface area contributed by atoms with Crippen LogP contribution in [0.2, 0.25) is 0 Å². The molecule has 2 bridgehead atoms. The van der Waals surface area contributed by atoms with Crippen LogP contribution < -0.4 is 25.0 Å². The Hall–Kier alpha value is -7.46. The molecule has 448 valence electrons. The first-order chi connectivity index (χ1) is 41.1. The van der Waals surface area contributed by atoms with Crippen LogP contribution in [0.25, 0.3) is 43.4 Å². The van der Waals surface area contributed by atoms with Gasteiger partial charge in [-0.1, -0.05) is 63.2 Å². The number of β-amino-alcohol motifs (C(OH)–C–C–N with tert-alkyl or cyclic N) is 1. The molecule has 7 aromatic rings. The summed E-state index contributed by atoms with van der Waals surface area (Å²) in [5.41, 5.74) is 7.39. The minimum absolute atomic E-state index is 0.0113. The number of aryl methyl sites for hydroxylation is 2. The van der Waals surface area contributed by atoms with E-state index < -0.39 is 30.0 Å². The van der Waals surface area contributed by atoms with Crippen LogP contribution in [0, 0.1) is 18.7 Å². The monoisotopic (exact) mass is 1180 g/mol. The van der Waals surface area contributed by atoms with E-state index in [9.17, 15) is 24.6 Å². The predicted molar refractivity (Wildman–Crippen MR) is 321 cm³/mol. The minimum atomic E-state index is -0.873. The Kier molecular flexibility index (Phi) is 16.7. The molecule has 5 aliphatic heterocycles. The Morgan fingerprint density at radius 3 is 2.39 bits per heavy atom. The number of likely N-dealkylation sites (N-methyl/N-ethyl adjacent to an activating group) is 1. The molecule has 5 fully saturated rings. The van der Waals surface area contributed by atoms with Crippen molar-refractivity contribution < 1.29 is 47.7 Å². The van der Waals surface area contributed by atoms with Crippen molar-refractivity contribution in [3.8, 4) is 39.2 Å². The number of piperidine rings is 1. The number of fused-ring (bicyclic) bond motifs is 4. The molecular weight excluding hydrogens is 1100 g/mol. The number of aromatic hydroxyl groups is 1. The summed E-state index contributed by atoms with van der Waals surface area (Å²) in [5, 5.41) is 34.8. The van der Waals surface area contributed by atoms with Gasteiger partial charge in [-0.25, -0.2) is 19.2 Å². The second-order valence-corrected chi connectivity index (χ2v) is 25.0. The predicted octanol–water partition coefficient (Wildman–Crippen LogP) is 9.32. The lowest BCUT2D eigenvalue weighted by molar-refractivity contribution is -0.141. The first-order valence-corrected chi connectivity index (χ1v) is 30.9. The number of pyridine rings is 2. The molecule has 12 rings (SSSR count). The van der Waals surface area contributed by atoms with Crippen molar-refractivity contribution in [3.05, 3.63) is 107 Å². The Morgan fingerprint density at radius 1 is 0.918 bits per heavy atom. The number of hydrogen-bond donors (Lipinski definition) is 4. The maximum Gasteiger partial charge on any atom is 0.409 e. The van der Waals surface area contributed by atoms with E-state index in [-0.39, 0.29) is 84.4 Å². The highest BCUT2D eigenvalue weighted by molar-refractivity contribution is 7.13. The Labute approximate surface area is 497 Å². The van der Waals surface area contributed by atoms with E-state index in [1.54, 1.807) is 40.6 Å². The number of aliphatic hydroxyl groups excluding tert-OH is 1. The second-order valence-electron chi connectivity index (χ2n) is 24.1. The van der Waals surface area contributed by atoms with Crippen LogP contribution >= 0.6 is 11.3 Å². The first-order valence-electron chi connectivity index (χ1n) is 30.0. The van der Waals surface area contributed by atoms with Crippen LogP contribution in [0.1, 0.15) is 107 Å². The number of ether oxygens (including phenoxy) is 3. The van der Waals surface area contributed by atoms with Gasteiger partial charge in [0.25, 0.3) is 5.88 Å². The Morgan fingerprint density at radius 2 is 1.67 bits per heavy atom. The molecule has 3 aromatic carbocycles. The number of halogens is 1. The third-order valence-electron chi connectivity index (χ3n) is 18.2. The number of nitrogens with one attached hydrogen (secondary N) is 2. The summed E-state index contributed by atoms with van der Waals surface area (Å²) in [6.45, 7) is 12.6. The molecule has 4 aromatic heterocycles. The summed E-state index contributed by atoms with van der Waals surface area (Å²) in [6.07, 6.45) is 5.82. The lowest BCUT2D eigenvalue weighted by atomic mass is 9.91. The number of nitrogens with zero attached hydrogens (tertiary/aromatic N) is 8. The molecule has 0 radical (unpaired) electrons. The average molecular weight is 1180 g/mol. The second kappa shape index (κ2) is 24.5. The fourth-order valence-electron chi connectivity index (χ4n) is 13.4. The normalized spacial score (nSPS) is 22.6. The van der Waals surface area contributed by atoms with Gasteiger partial charge in [0.2, 0.25) is 17.7 Å². The van der Waals surface area contributed by atoms with Crippen molar-refractivity contribution in [3.63, 3.8) is 0 Å². The number of carbonyl (C=O) groups excluding carboxylic acids is 3. The van der Waals surface area contributed by atoms with Crippen molar-refractivity contribution in [2.45, 2.75) is 140 Å². The topological polar surface area (TPSA) is 221 Å². The average Bonchev–Trinajstić information content (AvgIpc) is 3.00. The molecule has 5 saturated heterocycles. The van der Waals surface area contributed by atoms with E-state index in [1.807, 2.05) is 88.8 Å². The number of carbonyl (C=O) groups is 3. The van der Waals surface area contributed by atoms with Crippen molar-refractivity contribution in [2.24, 2.45) is 5.92 Å². The van der Waals surface area contributed by atoms with E-state index >= 15 is 4.39 Å². The highest BCUT2D eigenvalue weighted by atomic mass is 32.1. The number of benzene rings is 3. The molecule has 0 spiro atoms. The van der Waals surface area contributed by atoms with Crippen LogP contribution in [0.3, 0.4) is 0 Å². The van der Waals surface area contributed by atoms with Gasteiger partial charge in [0.15, 0.2) is 11.6 Å². The van der Waals surface area contributed by atoms with Gasteiger partial charge in [-0.3, -0.25) is 19.5 Å². The van der Waals surface area contributed by atoms with E-state index in [4.69, 9.17) is 28.7 Å². The van der Waals surface area contributed by atoms with Gasteiger partial charge in [0.1, 0.15) is 48.2 Å². The fourth-order valence-corrected chi connectivity index (χ4v) is 14.3. The summed E-state index contributed by atoms with van der Waals surface area (Å²) in [4.78, 5) is 64.4. The highest BCUT2D eigenvalue weighted by Gasteiger charge is 2.44. The Balaban J connectivity index is 0.636. The SMILES string of the molecule is CCc1cccc2cc(O)cc(-c3ncc4c(N5CC6CCC(C5)N6)cc(OC[C@@H]5CC[C@@H](COC(=O)N6CCC(Oc7cc([C@@H](C(=O)N8C[C@H](O)C[C@H]8C(=O)N[C@@H](C)c8ccc(-c9scnc9C)cc8)C(C)C)on7)CC6)N5C)nc4c3F)c12. The molecule has 8 atom stereocenters. The molecule has 2 unspecified atom stereocenters. The molecule has 5 aliphatic rings. The number of piperazine rings is 1. The zero-order valence-electron chi connectivity index (χ0n) is 49.0. The van der Waals surface area contributed by atoms with Crippen molar-refractivity contribution in [1.82, 2.24) is 45.4 Å². The summed E-state index contributed by atoms with van der Waals surface area (Å²) in [6, 6.07) is 20.1. The summed E-state index contributed by atoms with van der Waals surface area (Å²) < 4.78 is 41.7. The Bertz CT molecular complexity index is 3580. The number of phenols is 1. The van der Waals surface area contributed by atoms with Gasteiger partial charge in [0.05, 0.1) is 33.9 Å². The van der Waals surface area contributed by atoms with Crippen LogP contribution in [-0.4, -0.2) is 158 Å². The summed E-state index contributed by atoms with van der Waals surface area (Å²) in [5.74, 6) is -1.41. The number of likely N-dealkylation sites (tertiary alicyclic amines) is 3. The third-order valence-corrected chi connectivity index (χ3v) is 19.2. The molecule has 9 heterocycles. The minimum Gasteiger partial charge on any atom is -0.508 e. The van der Waals surface area contributed by atoms with Gasteiger partial charge in [-0.05, 0) is 104 Å². The molecular formula is C64H75FN10O9S. The van der Waals surface area contributed by atoms with E-state index in [2.05, 4.69) is 37.5 Å². The number of thiazole rings is 1. The number of rotatable bonds is 17. The van der Waals surface area contributed by atoms with Crippen molar-refractivity contribution in [2.75, 3.05) is 57.9 Å². The first kappa shape index (κ1) is 57.9. The molecule has 21 heteroatoms. The van der Waals surface area contributed by atoms with Gasteiger partial charge in [-0.2, -0.15) is 0 Å². The van der Waals surface area contributed by atoms with Gasteiger partial charge in [-0.15, -0.1) is 11.3 Å². The fraction of sp³-hybridized carbons (Fsp3) is 0.484. The van der Waals surface area contributed by atoms with E-state index in [1.165, 1.54) is 4.90 Å². The summed E-state index contributed by atoms with van der Waals surface area (Å²) in [7, 11) is 2.01. The molecule has 4 N–H and O–H groups in total. The highest BCUT2D eigenvalue weighted by Crippen LogP contribution is 2.41. The quantitative estimate of drug-likeness (QED) is 0.0667. The lowest BCUT2D eigenvalue weighted by Gasteiger charge is -2.35. The van der Waals surface area contributed by atoms with Crippen LogP contribution in [0.15, 0.2) is 83.0 Å². The number of phenolic OH excluding ortho intramolecular Hbond substituents is 1. The zero-order chi connectivity index (χ0) is 59.2. The van der Waals surface area contributed by atoms with E-state index in [0.29, 0.717) is 67.2 Å². The van der Waals surface area contributed by atoms with Gasteiger partial charge in [0, 0.05) is 105 Å². The van der Waals surface area contributed by atoms with Crippen LogP contribution in [0.5, 0.6) is 17.5 Å². The van der Waals surface area contributed by atoms with Crippen molar-refractivity contribution in [1.29, 1.82) is 0 Å². The molecule has 19 nitrogen and oxygen atoms in total. The van der Waals surface area contributed by atoms with Crippen LogP contribution in [-0.2, 0) is 20.7 Å². The van der Waals surface area contributed by atoms with Crippen molar-refractivity contribution >= 4 is 56.6 Å². The lowest BCUT2D eigenvalue weighted by Crippen LogP contribution is -2.51. The number of aliphatic hydroxyl groups is 1. The van der Waals surface area contributed by atoms with Crippen LogP contribution in [0.4, 0.5) is 14.9 Å². The number of aromatic nitrogens is 4. The smallest absolute Gasteiger partial charge is 0.409 e. The largest absolute Gasteiger partial charge is 0.508 e. The number of hydrogen-bond acceptors (Lipinski definition) is 17. The standard InChI is InChI=1S/C64H75FN10O9S/c1-7-38-9-8-10-41-23-46(76)24-49(57(38)41)59-58(65)60-50(28-66-59)51(74-29-42-15-16-43(30-74)69-42)26-54(70-60)81-32-44-17-18-45(72(44)6)33-82-64(80)73-21-19-48(20-22-73)83-55-27-53(84-71-55)56(35(2)3)63(79)75-31-47(77)25-52(75)62(78)68-36(4)39-11-13-40(14-12-39)61-37(5)67-34-85-61/h8-14,23-24,26-28,34-36,42-45,47-48,52,56,69,76-77H,7,15-22,25,29-33H2,1-6H3,(H,68,78)/t36-,42?,43?,44-,45-,47+,52-,56-/m0/s1. The maximum atomic E-state index is 17.2. The molecule has 3 amide bonds. The molecule has 0 saturated carbocycles. The third kappa shape index (κ3) is 12.0. The van der Waals surface area contributed by atoms with Gasteiger partial charge < -0.3 is 54.3 Å². The zero-order valence-corrected chi connectivity index (χ0v) is 49.8. The molecule has 0 aliphatic carbocycles. The van der Waals surface area contributed by atoms with Gasteiger partial charge >= 0.3 is 6.09 Å². The maximum absolute atomic E-state index is 17.2.